The summed E-state index contributed by atoms with van der Waals surface area (Å²) in [6, 6.07) is 10.7. The summed E-state index contributed by atoms with van der Waals surface area (Å²) in [5, 5.41) is 0.276. The Balaban J connectivity index is 2.38. The van der Waals surface area contributed by atoms with Gasteiger partial charge in [0.25, 0.3) is 10.0 Å². The minimum atomic E-state index is -3.75. The average molecular weight is 313 g/mol. The van der Waals surface area contributed by atoms with Gasteiger partial charge in [-0.15, -0.1) is 0 Å². The molecule has 0 saturated heterocycles. The van der Waals surface area contributed by atoms with Crippen LogP contribution < -0.4 is 15.2 Å². The molecule has 106 valence electrons. The molecule has 5 nitrogen and oxygen atoms in total. The Labute approximate surface area is 122 Å². The van der Waals surface area contributed by atoms with E-state index in [2.05, 4.69) is 4.72 Å². The highest BCUT2D eigenvalue weighted by Gasteiger charge is 2.16. The molecule has 2 aromatic rings. The van der Waals surface area contributed by atoms with E-state index < -0.39 is 10.0 Å². The molecule has 0 spiro atoms. The number of methoxy groups -OCH3 is 1. The molecule has 0 aliphatic rings. The van der Waals surface area contributed by atoms with E-state index in [1.807, 2.05) is 0 Å². The first-order chi connectivity index (χ1) is 9.42. The van der Waals surface area contributed by atoms with Crippen molar-refractivity contribution in [1.29, 1.82) is 0 Å². The smallest absolute Gasteiger partial charge is 0.262 e. The molecule has 0 atom stereocenters. The Kier molecular flexibility index (Phi) is 4.06. The fourth-order valence-corrected chi connectivity index (χ4v) is 2.94. The van der Waals surface area contributed by atoms with Gasteiger partial charge in [0, 0.05) is 11.8 Å². The third-order valence-corrected chi connectivity index (χ3v) is 4.28. The molecule has 0 unspecified atom stereocenters. The van der Waals surface area contributed by atoms with Crippen LogP contribution >= 0.6 is 11.6 Å². The lowest BCUT2D eigenvalue weighted by Crippen LogP contribution is -2.13. The van der Waals surface area contributed by atoms with Crippen LogP contribution in [0.1, 0.15) is 0 Å². The lowest BCUT2D eigenvalue weighted by atomic mass is 10.3. The van der Waals surface area contributed by atoms with E-state index in [9.17, 15) is 8.42 Å². The summed E-state index contributed by atoms with van der Waals surface area (Å²) >= 11 is 5.97. The normalized spacial score (nSPS) is 11.1. The van der Waals surface area contributed by atoms with Crippen molar-refractivity contribution in [1.82, 2.24) is 0 Å². The van der Waals surface area contributed by atoms with Crippen LogP contribution in [0.4, 0.5) is 11.4 Å². The Hall–Kier alpha value is -1.92. The second-order valence-electron chi connectivity index (χ2n) is 4.02. The number of ether oxygens (including phenoxy) is 1. The highest BCUT2D eigenvalue weighted by molar-refractivity contribution is 7.92. The number of nitrogens with one attached hydrogen (secondary N) is 1. The van der Waals surface area contributed by atoms with E-state index in [0.29, 0.717) is 11.4 Å². The highest BCUT2D eigenvalue weighted by atomic mass is 35.5. The molecule has 0 saturated carbocycles. The summed E-state index contributed by atoms with van der Waals surface area (Å²) in [5.41, 5.74) is 6.20. The largest absolute Gasteiger partial charge is 0.497 e. The number of hydrogen-bond donors (Lipinski definition) is 2. The standard InChI is InChI=1S/C13H13ClN2O3S/c1-19-10-5-6-12(14)13(8-10)16-20(17,18)11-4-2-3-9(15)7-11/h2-8,16H,15H2,1H3. The maximum Gasteiger partial charge on any atom is 0.262 e. The van der Waals surface area contributed by atoms with Crippen molar-refractivity contribution in [3.05, 3.63) is 47.5 Å². The average Bonchev–Trinajstić information content (AvgIpc) is 2.41. The Bertz CT molecular complexity index is 732. The van der Waals surface area contributed by atoms with Gasteiger partial charge < -0.3 is 10.5 Å². The number of halogens is 1. The minimum Gasteiger partial charge on any atom is -0.497 e. The van der Waals surface area contributed by atoms with Crippen LogP contribution in [0.3, 0.4) is 0 Å². The van der Waals surface area contributed by atoms with Gasteiger partial charge in [0.15, 0.2) is 0 Å². The number of benzene rings is 2. The molecule has 0 aliphatic carbocycles. The second-order valence-corrected chi connectivity index (χ2v) is 6.11. The SMILES string of the molecule is COc1ccc(Cl)c(NS(=O)(=O)c2cccc(N)c2)c1. The topological polar surface area (TPSA) is 81.4 Å². The fraction of sp³-hybridized carbons (Fsp3) is 0.0769. The van der Waals surface area contributed by atoms with Crippen LogP contribution in [-0.4, -0.2) is 15.5 Å². The van der Waals surface area contributed by atoms with E-state index >= 15 is 0 Å². The van der Waals surface area contributed by atoms with Crippen LogP contribution in [0.2, 0.25) is 5.02 Å². The van der Waals surface area contributed by atoms with Gasteiger partial charge in [0.2, 0.25) is 0 Å². The van der Waals surface area contributed by atoms with Crippen molar-refractivity contribution >= 4 is 33.0 Å². The molecule has 0 bridgehead atoms. The van der Waals surface area contributed by atoms with Crippen molar-refractivity contribution in [3.63, 3.8) is 0 Å². The molecule has 2 aromatic carbocycles. The molecule has 0 fully saturated rings. The first-order valence-electron chi connectivity index (χ1n) is 5.64. The zero-order valence-corrected chi connectivity index (χ0v) is 12.2. The summed E-state index contributed by atoms with van der Waals surface area (Å²) in [6.45, 7) is 0. The van der Waals surface area contributed by atoms with Crippen molar-refractivity contribution < 1.29 is 13.2 Å². The number of hydrogen-bond acceptors (Lipinski definition) is 4. The van der Waals surface area contributed by atoms with Crippen molar-refractivity contribution in [3.8, 4) is 5.75 Å². The zero-order valence-electron chi connectivity index (χ0n) is 10.6. The van der Waals surface area contributed by atoms with Crippen LogP contribution in [0.25, 0.3) is 0 Å². The Morgan fingerprint density at radius 3 is 2.60 bits per heavy atom. The minimum absolute atomic E-state index is 0.0661. The van der Waals surface area contributed by atoms with Crippen molar-refractivity contribution in [2.24, 2.45) is 0 Å². The number of anilines is 2. The van der Waals surface area contributed by atoms with Crippen molar-refractivity contribution in [2.75, 3.05) is 17.6 Å². The van der Waals surface area contributed by atoms with Crippen LogP contribution in [0, 0.1) is 0 Å². The molecule has 0 amide bonds. The predicted octanol–water partition coefficient (Wildman–Crippen LogP) is 2.73. The number of nitrogens with two attached hydrogens (primary N) is 1. The number of sulfonamides is 1. The molecular formula is C13H13ClN2O3S. The summed E-state index contributed by atoms with van der Waals surface area (Å²) in [4.78, 5) is 0.0661. The van der Waals surface area contributed by atoms with E-state index in [4.69, 9.17) is 22.1 Å². The van der Waals surface area contributed by atoms with Gasteiger partial charge in [-0.05, 0) is 30.3 Å². The first kappa shape index (κ1) is 14.5. The summed E-state index contributed by atoms with van der Waals surface area (Å²) in [5.74, 6) is 0.500. The van der Waals surface area contributed by atoms with E-state index in [-0.39, 0.29) is 15.6 Å². The molecule has 3 N–H and O–H groups in total. The molecule has 2 rings (SSSR count). The Morgan fingerprint density at radius 1 is 1.20 bits per heavy atom. The lowest BCUT2D eigenvalue weighted by Gasteiger charge is -2.11. The zero-order chi connectivity index (χ0) is 14.8. The quantitative estimate of drug-likeness (QED) is 0.851. The Morgan fingerprint density at radius 2 is 1.95 bits per heavy atom. The number of rotatable bonds is 4. The van der Waals surface area contributed by atoms with E-state index in [1.165, 1.54) is 25.3 Å². The van der Waals surface area contributed by atoms with Gasteiger partial charge >= 0.3 is 0 Å². The van der Waals surface area contributed by atoms with E-state index in [0.717, 1.165) is 0 Å². The summed E-state index contributed by atoms with van der Waals surface area (Å²) in [6.07, 6.45) is 0. The number of nitrogen functional groups attached to an aromatic ring is 1. The van der Waals surface area contributed by atoms with Gasteiger partial charge in [-0.2, -0.15) is 0 Å². The van der Waals surface area contributed by atoms with Gasteiger partial charge in [-0.3, -0.25) is 4.72 Å². The van der Waals surface area contributed by atoms with Gasteiger partial charge in [-0.25, -0.2) is 8.42 Å². The monoisotopic (exact) mass is 312 g/mol. The summed E-state index contributed by atoms with van der Waals surface area (Å²) < 4.78 is 31.9. The molecule has 0 aliphatic heterocycles. The fourth-order valence-electron chi connectivity index (χ4n) is 1.59. The molecule has 0 radical (unpaired) electrons. The molecule has 20 heavy (non-hydrogen) atoms. The van der Waals surface area contributed by atoms with Gasteiger partial charge in [0.1, 0.15) is 5.75 Å². The molecular weight excluding hydrogens is 300 g/mol. The van der Waals surface area contributed by atoms with Gasteiger partial charge in [-0.1, -0.05) is 17.7 Å². The highest BCUT2D eigenvalue weighted by Crippen LogP contribution is 2.29. The molecule has 0 heterocycles. The van der Waals surface area contributed by atoms with Gasteiger partial charge in [0.05, 0.1) is 22.7 Å². The molecule has 0 aromatic heterocycles. The molecule has 7 heteroatoms. The third-order valence-electron chi connectivity index (χ3n) is 2.59. The lowest BCUT2D eigenvalue weighted by molar-refractivity contribution is 0.415. The maximum absolute atomic E-state index is 12.2. The van der Waals surface area contributed by atoms with Crippen LogP contribution in [0.5, 0.6) is 5.75 Å². The first-order valence-corrected chi connectivity index (χ1v) is 7.50. The van der Waals surface area contributed by atoms with Crippen molar-refractivity contribution in [2.45, 2.75) is 4.90 Å². The maximum atomic E-state index is 12.2. The van der Waals surface area contributed by atoms with Crippen LogP contribution in [-0.2, 0) is 10.0 Å². The van der Waals surface area contributed by atoms with Crippen LogP contribution in [0.15, 0.2) is 47.4 Å². The third kappa shape index (κ3) is 3.15. The van der Waals surface area contributed by atoms with E-state index in [1.54, 1.807) is 24.3 Å². The summed E-state index contributed by atoms with van der Waals surface area (Å²) in [7, 11) is -2.27. The predicted molar refractivity (Wildman–Crippen MR) is 79.7 cm³/mol. The second kappa shape index (κ2) is 5.60.